The molecule has 0 saturated carbocycles. The molecule has 1 aromatic heterocycles. The molecule has 2 amide bonds. The number of carbonyl (C=O) groups excluding carboxylic acids is 2. The van der Waals surface area contributed by atoms with Crippen LogP contribution < -0.4 is 0 Å². The smallest absolute Gasteiger partial charge is 0.273 e. The highest BCUT2D eigenvalue weighted by atomic mass is 32.1. The van der Waals surface area contributed by atoms with Gasteiger partial charge < -0.3 is 9.80 Å². The first-order valence-electron chi connectivity index (χ1n) is 9.19. The minimum atomic E-state index is -0.00727. The van der Waals surface area contributed by atoms with Crippen LogP contribution in [-0.2, 0) is 17.8 Å². The van der Waals surface area contributed by atoms with E-state index < -0.39 is 0 Å². The van der Waals surface area contributed by atoms with Gasteiger partial charge in [0.05, 0.1) is 5.01 Å². The summed E-state index contributed by atoms with van der Waals surface area (Å²) >= 11 is 1.50. The average Bonchev–Trinajstić information content (AvgIpc) is 3.13. The lowest BCUT2D eigenvalue weighted by Gasteiger charge is -2.36. The minimum absolute atomic E-state index is 0.00727. The van der Waals surface area contributed by atoms with Gasteiger partial charge in [0.15, 0.2) is 0 Å². The van der Waals surface area contributed by atoms with Crippen molar-refractivity contribution in [2.45, 2.75) is 32.7 Å². The summed E-state index contributed by atoms with van der Waals surface area (Å²) < 4.78 is 0. The molecule has 2 aromatic rings. The van der Waals surface area contributed by atoms with Crippen LogP contribution in [0.5, 0.6) is 0 Å². The SMILES string of the molecule is Cc1nc(C(=O)N2CCC(C(=O)N3CCc4ccccc4C3)CC2)cs1. The largest absolute Gasteiger partial charge is 0.338 e. The summed E-state index contributed by atoms with van der Waals surface area (Å²) in [4.78, 5) is 33.5. The first-order valence-corrected chi connectivity index (χ1v) is 10.1. The molecule has 26 heavy (non-hydrogen) atoms. The van der Waals surface area contributed by atoms with Crippen molar-refractivity contribution >= 4 is 23.2 Å². The lowest BCUT2D eigenvalue weighted by Crippen LogP contribution is -2.45. The molecule has 1 aromatic carbocycles. The van der Waals surface area contributed by atoms with Gasteiger partial charge >= 0.3 is 0 Å². The number of aryl methyl sites for hydroxylation is 1. The van der Waals surface area contributed by atoms with Gasteiger partial charge in [0.25, 0.3) is 5.91 Å². The van der Waals surface area contributed by atoms with Gasteiger partial charge in [-0.3, -0.25) is 9.59 Å². The molecule has 0 bridgehead atoms. The number of thiazole rings is 1. The molecule has 0 aliphatic carbocycles. The highest BCUT2D eigenvalue weighted by Crippen LogP contribution is 2.25. The van der Waals surface area contributed by atoms with Crippen molar-refractivity contribution in [3.05, 3.63) is 51.5 Å². The third-order valence-corrected chi connectivity index (χ3v) is 6.19. The number of hydrogen-bond acceptors (Lipinski definition) is 4. The van der Waals surface area contributed by atoms with Gasteiger partial charge in [-0.2, -0.15) is 0 Å². The van der Waals surface area contributed by atoms with Crippen molar-refractivity contribution in [1.82, 2.24) is 14.8 Å². The van der Waals surface area contributed by atoms with Crippen molar-refractivity contribution in [3.63, 3.8) is 0 Å². The van der Waals surface area contributed by atoms with Crippen LogP contribution in [0.4, 0.5) is 0 Å². The number of amides is 2. The van der Waals surface area contributed by atoms with Gasteiger partial charge in [-0.1, -0.05) is 24.3 Å². The average molecular weight is 369 g/mol. The number of fused-ring (bicyclic) bond motifs is 1. The highest BCUT2D eigenvalue weighted by molar-refractivity contribution is 7.09. The summed E-state index contributed by atoms with van der Waals surface area (Å²) in [7, 11) is 0. The fraction of sp³-hybridized carbons (Fsp3) is 0.450. The molecule has 0 N–H and O–H groups in total. The second-order valence-electron chi connectivity index (χ2n) is 7.10. The van der Waals surface area contributed by atoms with E-state index in [4.69, 9.17) is 0 Å². The van der Waals surface area contributed by atoms with Crippen LogP contribution in [0.2, 0.25) is 0 Å². The van der Waals surface area contributed by atoms with E-state index in [1.165, 1.54) is 22.5 Å². The Kier molecular flexibility index (Phi) is 4.76. The number of piperidine rings is 1. The van der Waals surface area contributed by atoms with Crippen LogP contribution in [0.1, 0.15) is 39.5 Å². The summed E-state index contributed by atoms with van der Waals surface area (Å²) in [6.07, 6.45) is 2.42. The summed E-state index contributed by atoms with van der Waals surface area (Å²) in [6.45, 7) is 4.69. The molecule has 5 nitrogen and oxygen atoms in total. The molecule has 2 aliphatic rings. The van der Waals surface area contributed by atoms with Gasteiger partial charge in [-0.15, -0.1) is 11.3 Å². The number of benzene rings is 1. The Morgan fingerprint density at radius 2 is 1.81 bits per heavy atom. The predicted molar refractivity (Wildman–Crippen MR) is 101 cm³/mol. The van der Waals surface area contributed by atoms with E-state index in [1.807, 2.05) is 28.2 Å². The second-order valence-corrected chi connectivity index (χ2v) is 8.16. The third kappa shape index (κ3) is 3.38. The van der Waals surface area contributed by atoms with Crippen molar-refractivity contribution in [2.24, 2.45) is 5.92 Å². The summed E-state index contributed by atoms with van der Waals surface area (Å²) in [6, 6.07) is 8.37. The van der Waals surface area contributed by atoms with Crippen LogP contribution in [0, 0.1) is 12.8 Å². The first-order chi connectivity index (χ1) is 12.6. The van der Waals surface area contributed by atoms with Gasteiger partial charge in [-0.05, 0) is 37.3 Å². The standard InChI is InChI=1S/C20H23N3O2S/c1-14-21-18(13-26-14)20(25)22-9-7-16(8-10-22)19(24)23-11-6-15-4-2-3-5-17(15)12-23/h2-5,13,16H,6-12H2,1H3. The molecule has 6 heteroatoms. The van der Waals surface area contributed by atoms with Crippen LogP contribution >= 0.6 is 11.3 Å². The number of aromatic nitrogens is 1. The Morgan fingerprint density at radius 1 is 1.08 bits per heavy atom. The number of hydrogen-bond donors (Lipinski definition) is 0. The van der Waals surface area contributed by atoms with Crippen LogP contribution in [0.3, 0.4) is 0 Å². The van der Waals surface area contributed by atoms with Gasteiger partial charge in [0, 0.05) is 37.5 Å². The number of carbonyl (C=O) groups is 2. The van der Waals surface area contributed by atoms with Gasteiger partial charge in [0.2, 0.25) is 5.91 Å². The van der Waals surface area contributed by atoms with Crippen molar-refractivity contribution in [2.75, 3.05) is 19.6 Å². The van der Waals surface area contributed by atoms with Crippen LogP contribution in [0.25, 0.3) is 0 Å². The Labute approximate surface area is 157 Å². The predicted octanol–water partition coefficient (Wildman–Crippen LogP) is 2.89. The lowest BCUT2D eigenvalue weighted by molar-refractivity contribution is -0.137. The van der Waals surface area contributed by atoms with E-state index in [0.717, 1.165) is 30.8 Å². The van der Waals surface area contributed by atoms with Crippen LogP contribution in [0.15, 0.2) is 29.6 Å². The highest BCUT2D eigenvalue weighted by Gasteiger charge is 2.32. The van der Waals surface area contributed by atoms with E-state index >= 15 is 0 Å². The monoisotopic (exact) mass is 369 g/mol. The Bertz CT molecular complexity index is 824. The molecule has 0 spiro atoms. The van der Waals surface area contributed by atoms with Gasteiger partial charge in [-0.25, -0.2) is 4.98 Å². The topological polar surface area (TPSA) is 53.5 Å². The van der Waals surface area contributed by atoms with Crippen molar-refractivity contribution < 1.29 is 9.59 Å². The molecule has 3 heterocycles. The maximum atomic E-state index is 12.9. The van der Waals surface area contributed by atoms with Gasteiger partial charge in [0.1, 0.15) is 5.69 Å². The summed E-state index contributed by atoms with van der Waals surface area (Å²) in [5.41, 5.74) is 3.15. The molecular formula is C20H23N3O2S. The zero-order chi connectivity index (χ0) is 18.1. The van der Waals surface area contributed by atoms with Crippen LogP contribution in [-0.4, -0.2) is 46.2 Å². The molecule has 0 radical (unpaired) electrons. The maximum Gasteiger partial charge on any atom is 0.273 e. The quantitative estimate of drug-likeness (QED) is 0.818. The minimum Gasteiger partial charge on any atom is -0.338 e. The molecule has 1 fully saturated rings. The third-order valence-electron chi connectivity index (χ3n) is 5.41. The molecule has 0 unspecified atom stereocenters. The number of likely N-dealkylation sites (tertiary alicyclic amines) is 1. The number of rotatable bonds is 2. The van der Waals surface area contributed by atoms with E-state index in [-0.39, 0.29) is 17.7 Å². The Morgan fingerprint density at radius 3 is 2.50 bits per heavy atom. The van der Waals surface area contributed by atoms with Crippen molar-refractivity contribution in [1.29, 1.82) is 0 Å². The zero-order valence-corrected chi connectivity index (χ0v) is 15.8. The number of nitrogens with zero attached hydrogens (tertiary/aromatic N) is 3. The summed E-state index contributed by atoms with van der Waals surface area (Å²) in [5.74, 6) is 0.268. The molecular weight excluding hydrogens is 346 g/mol. The molecule has 2 aliphatic heterocycles. The van der Waals surface area contributed by atoms with E-state index in [1.54, 1.807) is 0 Å². The Hall–Kier alpha value is -2.21. The lowest BCUT2D eigenvalue weighted by atomic mass is 9.93. The fourth-order valence-electron chi connectivity index (χ4n) is 3.90. The fourth-order valence-corrected chi connectivity index (χ4v) is 4.48. The normalized spacial score (nSPS) is 17.9. The molecule has 136 valence electrons. The zero-order valence-electron chi connectivity index (χ0n) is 15.0. The van der Waals surface area contributed by atoms with E-state index in [0.29, 0.717) is 25.3 Å². The van der Waals surface area contributed by atoms with E-state index in [9.17, 15) is 9.59 Å². The second kappa shape index (κ2) is 7.19. The van der Waals surface area contributed by atoms with Crippen molar-refractivity contribution in [3.8, 4) is 0 Å². The molecule has 1 saturated heterocycles. The maximum absolute atomic E-state index is 12.9. The molecule has 0 atom stereocenters. The molecule has 4 rings (SSSR count). The summed E-state index contributed by atoms with van der Waals surface area (Å²) in [5, 5.41) is 2.73. The van der Waals surface area contributed by atoms with E-state index in [2.05, 4.69) is 23.2 Å². The Balaban J connectivity index is 1.35. The first kappa shape index (κ1) is 17.2.